The van der Waals surface area contributed by atoms with E-state index in [1.807, 2.05) is 24.3 Å². The summed E-state index contributed by atoms with van der Waals surface area (Å²) >= 11 is 1.71. The Kier molecular flexibility index (Phi) is 6.17. The highest BCUT2D eigenvalue weighted by atomic mass is 32.1. The van der Waals surface area contributed by atoms with Gasteiger partial charge in [-0.1, -0.05) is 12.1 Å². The van der Waals surface area contributed by atoms with Crippen LogP contribution in [0.25, 0.3) is 11.3 Å². The van der Waals surface area contributed by atoms with Crippen molar-refractivity contribution in [3.8, 4) is 17.0 Å². The molecule has 0 aliphatic carbocycles. The lowest BCUT2D eigenvalue weighted by atomic mass is 10.1. The van der Waals surface area contributed by atoms with E-state index in [-0.39, 0.29) is 0 Å². The third-order valence-corrected chi connectivity index (χ3v) is 4.09. The second-order valence-corrected chi connectivity index (χ2v) is 6.07. The number of benzene rings is 1. The fourth-order valence-corrected chi connectivity index (χ4v) is 2.83. The molecule has 0 aliphatic rings. The van der Waals surface area contributed by atoms with Crippen molar-refractivity contribution in [2.24, 2.45) is 0 Å². The van der Waals surface area contributed by atoms with Gasteiger partial charge in [0.2, 0.25) is 0 Å². The van der Waals surface area contributed by atoms with Gasteiger partial charge in [0, 0.05) is 37.0 Å². The predicted molar refractivity (Wildman–Crippen MR) is 89.2 cm³/mol. The summed E-state index contributed by atoms with van der Waals surface area (Å²) in [5.41, 5.74) is 2.06. The molecule has 0 atom stereocenters. The number of methoxy groups -OCH3 is 1. The van der Waals surface area contributed by atoms with Crippen molar-refractivity contribution >= 4 is 11.3 Å². The molecule has 1 N–H and O–H groups in total. The van der Waals surface area contributed by atoms with Gasteiger partial charge in [-0.15, -0.1) is 11.3 Å². The van der Waals surface area contributed by atoms with Crippen LogP contribution >= 0.6 is 11.3 Å². The van der Waals surface area contributed by atoms with Gasteiger partial charge in [-0.05, 0) is 26.2 Å². The van der Waals surface area contributed by atoms with Crippen LogP contribution < -0.4 is 10.1 Å². The Labute approximate surface area is 130 Å². The Balaban J connectivity index is 1.89. The molecule has 0 fully saturated rings. The minimum absolute atomic E-state index is 0.874. The highest BCUT2D eigenvalue weighted by molar-refractivity contribution is 7.09. The quantitative estimate of drug-likeness (QED) is 0.761. The van der Waals surface area contributed by atoms with Gasteiger partial charge in [0.05, 0.1) is 17.8 Å². The molecule has 114 valence electrons. The number of thiazole rings is 1. The molecule has 0 spiro atoms. The molecule has 0 saturated heterocycles. The third kappa shape index (κ3) is 4.81. The normalized spacial score (nSPS) is 11.0. The van der Waals surface area contributed by atoms with Gasteiger partial charge in [-0.25, -0.2) is 4.98 Å². The number of likely N-dealkylation sites (N-methyl/N-ethyl adjacent to an activating group) is 1. The number of nitrogens with one attached hydrogen (secondary N) is 1. The van der Waals surface area contributed by atoms with Crippen molar-refractivity contribution in [3.63, 3.8) is 0 Å². The lowest BCUT2D eigenvalue weighted by Crippen LogP contribution is -2.27. The van der Waals surface area contributed by atoms with E-state index in [0.29, 0.717) is 0 Å². The van der Waals surface area contributed by atoms with Crippen molar-refractivity contribution < 1.29 is 4.74 Å². The molecule has 1 heterocycles. The number of aromatic nitrogens is 1. The number of hydrogen-bond acceptors (Lipinski definition) is 5. The fraction of sp³-hybridized carbons (Fsp3) is 0.438. The SMILES string of the molecule is COc1ccccc1-c1csc(CCNCCN(C)C)n1. The van der Waals surface area contributed by atoms with Gasteiger partial charge in [0.1, 0.15) is 5.75 Å². The lowest BCUT2D eigenvalue weighted by Gasteiger charge is -2.09. The van der Waals surface area contributed by atoms with Crippen LogP contribution in [0.15, 0.2) is 29.6 Å². The van der Waals surface area contributed by atoms with Gasteiger partial charge in [0.25, 0.3) is 0 Å². The van der Waals surface area contributed by atoms with Crippen molar-refractivity contribution in [3.05, 3.63) is 34.7 Å². The molecular weight excluding hydrogens is 282 g/mol. The van der Waals surface area contributed by atoms with E-state index >= 15 is 0 Å². The summed E-state index contributed by atoms with van der Waals surface area (Å²) in [6.45, 7) is 3.04. The minimum atomic E-state index is 0.874. The van der Waals surface area contributed by atoms with E-state index in [1.165, 1.54) is 0 Å². The van der Waals surface area contributed by atoms with Crippen LogP contribution in [0, 0.1) is 0 Å². The molecule has 21 heavy (non-hydrogen) atoms. The number of rotatable bonds is 8. The first-order valence-corrected chi connectivity index (χ1v) is 8.02. The Hall–Kier alpha value is -1.43. The maximum absolute atomic E-state index is 5.39. The highest BCUT2D eigenvalue weighted by Gasteiger charge is 2.09. The Morgan fingerprint density at radius 1 is 1.24 bits per heavy atom. The summed E-state index contributed by atoms with van der Waals surface area (Å²) in [4.78, 5) is 6.89. The van der Waals surface area contributed by atoms with E-state index in [2.05, 4.69) is 29.7 Å². The molecule has 0 bridgehead atoms. The third-order valence-electron chi connectivity index (χ3n) is 3.19. The Morgan fingerprint density at radius 3 is 2.81 bits per heavy atom. The molecule has 2 aromatic rings. The van der Waals surface area contributed by atoms with Gasteiger partial charge >= 0.3 is 0 Å². The van der Waals surface area contributed by atoms with Crippen LogP contribution in [0.5, 0.6) is 5.75 Å². The molecule has 0 unspecified atom stereocenters. The summed E-state index contributed by atoms with van der Waals surface area (Å²) in [5.74, 6) is 0.874. The van der Waals surface area contributed by atoms with Gasteiger partial charge in [-0.3, -0.25) is 0 Å². The largest absolute Gasteiger partial charge is 0.496 e. The maximum Gasteiger partial charge on any atom is 0.128 e. The van der Waals surface area contributed by atoms with Crippen LogP contribution in [0.3, 0.4) is 0 Å². The average molecular weight is 305 g/mol. The summed E-state index contributed by atoms with van der Waals surface area (Å²) < 4.78 is 5.39. The number of ether oxygens (including phenoxy) is 1. The molecule has 4 nitrogen and oxygen atoms in total. The molecule has 1 aromatic carbocycles. The topological polar surface area (TPSA) is 37.4 Å². The summed E-state index contributed by atoms with van der Waals surface area (Å²) in [6, 6.07) is 8.01. The standard InChI is InChI=1S/C16H23N3OS/c1-19(2)11-10-17-9-8-16-18-14(12-21-16)13-6-4-5-7-15(13)20-3/h4-7,12,17H,8-11H2,1-3H3. The van der Waals surface area contributed by atoms with Crippen LogP contribution in [0.4, 0.5) is 0 Å². The summed E-state index contributed by atoms with van der Waals surface area (Å²) in [6.07, 6.45) is 0.966. The van der Waals surface area contributed by atoms with Crippen molar-refractivity contribution in [2.45, 2.75) is 6.42 Å². The lowest BCUT2D eigenvalue weighted by molar-refractivity contribution is 0.401. The van der Waals surface area contributed by atoms with Crippen LogP contribution in [-0.2, 0) is 6.42 Å². The number of nitrogens with zero attached hydrogens (tertiary/aromatic N) is 2. The van der Waals surface area contributed by atoms with Crippen LogP contribution in [0.2, 0.25) is 0 Å². The maximum atomic E-state index is 5.39. The monoisotopic (exact) mass is 305 g/mol. The van der Waals surface area contributed by atoms with E-state index < -0.39 is 0 Å². The van der Waals surface area contributed by atoms with Crippen molar-refractivity contribution in [2.75, 3.05) is 40.8 Å². The smallest absolute Gasteiger partial charge is 0.128 e. The second kappa shape index (κ2) is 8.12. The molecule has 0 saturated carbocycles. The first-order chi connectivity index (χ1) is 10.2. The molecule has 2 rings (SSSR count). The van der Waals surface area contributed by atoms with Gasteiger partial charge in [0.15, 0.2) is 0 Å². The van der Waals surface area contributed by atoms with Crippen LogP contribution in [0.1, 0.15) is 5.01 Å². The zero-order valence-electron chi connectivity index (χ0n) is 12.9. The van der Waals surface area contributed by atoms with E-state index in [0.717, 1.165) is 48.1 Å². The van der Waals surface area contributed by atoms with Gasteiger partial charge in [-0.2, -0.15) is 0 Å². The van der Waals surface area contributed by atoms with Crippen LogP contribution in [-0.4, -0.2) is 50.7 Å². The molecule has 1 aromatic heterocycles. The summed E-state index contributed by atoms with van der Waals surface area (Å²) in [5, 5.41) is 6.70. The molecule has 5 heteroatoms. The Morgan fingerprint density at radius 2 is 2.05 bits per heavy atom. The minimum Gasteiger partial charge on any atom is -0.496 e. The van der Waals surface area contributed by atoms with Crippen molar-refractivity contribution in [1.82, 2.24) is 15.2 Å². The van der Waals surface area contributed by atoms with E-state index in [4.69, 9.17) is 9.72 Å². The van der Waals surface area contributed by atoms with E-state index in [1.54, 1.807) is 18.4 Å². The highest BCUT2D eigenvalue weighted by Crippen LogP contribution is 2.30. The summed E-state index contributed by atoms with van der Waals surface area (Å²) in [7, 11) is 5.87. The molecular formula is C16H23N3OS. The second-order valence-electron chi connectivity index (χ2n) is 5.13. The molecule has 0 amide bonds. The average Bonchev–Trinajstić information content (AvgIpc) is 2.95. The molecule has 0 radical (unpaired) electrons. The Bertz CT molecular complexity index is 554. The number of para-hydroxylation sites is 1. The fourth-order valence-electron chi connectivity index (χ4n) is 2.03. The van der Waals surface area contributed by atoms with E-state index in [9.17, 15) is 0 Å². The van der Waals surface area contributed by atoms with Gasteiger partial charge < -0.3 is 15.0 Å². The zero-order chi connectivity index (χ0) is 15.1. The molecule has 0 aliphatic heterocycles. The first kappa shape index (κ1) is 15.9. The first-order valence-electron chi connectivity index (χ1n) is 7.14. The zero-order valence-corrected chi connectivity index (χ0v) is 13.7. The van der Waals surface area contributed by atoms with Crippen molar-refractivity contribution in [1.29, 1.82) is 0 Å². The number of hydrogen-bond donors (Lipinski definition) is 1. The predicted octanol–water partition coefficient (Wildman–Crippen LogP) is 2.51.